The van der Waals surface area contributed by atoms with Crippen molar-refractivity contribution in [2.75, 3.05) is 5.32 Å². The van der Waals surface area contributed by atoms with Crippen molar-refractivity contribution in [3.63, 3.8) is 0 Å². The molecule has 0 bridgehead atoms. The number of hydrogen-bond acceptors (Lipinski definition) is 5. The molecule has 3 rings (SSSR count). The molecule has 0 saturated heterocycles. The number of carbonyl (C=O) groups is 2. The molecular formula is C14H15N3O3S. The van der Waals surface area contributed by atoms with Crippen molar-refractivity contribution in [3.05, 3.63) is 34.7 Å². The summed E-state index contributed by atoms with van der Waals surface area (Å²) < 4.78 is 4.98. The highest BCUT2D eigenvalue weighted by atomic mass is 32.1. The molecule has 0 aliphatic heterocycles. The van der Waals surface area contributed by atoms with Crippen LogP contribution in [0.3, 0.4) is 0 Å². The van der Waals surface area contributed by atoms with Crippen molar-refractivity contribution >= 4 is 28.3 Å². The van der Waals surface area contributed by atoms with Gasteiger partial charge in [0.2, 0.25) is 5.91 Å². The number of aryl methyl sites for hydroxylation is 2. The molecule has 1 atom stereocenters. The molecule has 0 saturated carbocycles. The number of anilines is 1. The highest BCUT2D eigenvalue weighted by molar-refractivity contribution is 7.15. The Morgan fingerprint density at radius 3 is 3.00 bits per heavy atom. The molecule has 2 N–H and O–H groups in total. The summed E-state index contributed by atoms with van der Waals surface area (Å²) in [5.41, 5.74) is 1.09. The van der Waals surface area contributed by atoms with E-state index in [0.29, 0.717) is 5.13 Å². The number of furan rings is 1. The third kappa shape index (κ3) is 2.97. The topological polar surface area (TPSA) is 84.2 Å². The Balaban J connectivity index is 1.58. The van der Waals surface area contributed by atoms with Gasteiger partial charge in [0, 0.05) is 4.88 Å². The molecule has 1 aliphatic carbocycles. The summed E-state index contributed by atoms with van der Waals surface area (Å²) in [4.78, 5) is 29.5. The van der Waals surface area contributed by atoms with Crippen LogP contribution in [0.25, 0.3) is 0 Å². The molecule has 6 nitrogen and oxygen atoms in total. The third-order valence-electron chi connectivity index (χ3n) is 3.31. The first-order valence-electron chi connectivity index (χ1n) is 6.77. The molecule has 0 fully saturated rings. The van der Waals surface area contributed by atoms with E-state index in [1.807, 2.05) is 0 Å². The molecule has 1 aliphatic rings. The average Bonchev–Trinajstić information content (AvgIpc) is 3.14. The van der Waals surface area contributed by atoms with Crippen molar-refractivity contribution in [1.82, 2.24) is 10.3 Å². The minimum atomic E-state index is -0.665. The molecule has 2 amide bonds. The highest BCUT2D eigenvalue weighted by Gasteiger charge is 2.21. The first-order chi connectivity index (χ1) is 10.1. The highest BCUT2D eigenvalue weighted by Crippen LogP contribution is 2.30. The van der Waals surface area contributed by atoms with E-state index in [0.717, 1.165) is 25.0 Å². The van der Waals surface area contributed by atoms with E-state index >= 15 is 0 Å². The number of nitrogens with zero attached hydrogens (tertiary/aromatic N) is 1. The number of thiazole rings is 1. The number of hydrogen-bond donors (Lipinski definition) is 2. The van der Waals surface area contributed by atoms with Gasteiger partial charge in [-0.1, -0.05) is 0 Å². The van der Waals surface area contributed by atoms with E-state index in [9.17, 15) is 9.59 Å². The lowest BCUT2D eigenvalue weighted by molar-refractivity contribution is -0.117. The van der Waals surface area contributed by atoms with Crippen LogP contribution in [0.15, 0.2) is 22.8 Å². The van der Waals surface area contributed by atoms with Crippen LogP contribution >= 0.6 is 11.3 Å². The van der Waals surface area contributed by atoms with Crippen molar-refractivity contribution in [1.29, 1.82) is 0 Å². The zero-order valence-electron chi connectivity index (χ0n) is 11.5. The molecule has 2 aromatic heterocycles. The van der Waals surface area contributed by atoms with Gasteiger partial charge < -0.3 is 15.1 Å². The second-order valence-corrected chi connectivity index (χ2v) is 5.99. The molecule has 1 unspecified atom stereocenters. The average molecular weight is 305 g/mol. The Hall–Kier alpha value is -2.15. The number of carbonyl (C=O) groups excluding carboxylic acids is 2. The smallest absolute Gasteiger partial charge is 0.287 e. The number of amides is 2. The maximum absolute atomic E-state index is 12.1. The summed E-state index contributed by atoms with van der Waals surface area (Å²) in [6, 6.07) is 2.50. The van der Waals surface area contributed by atoms with Gasteiger partial charge in [0.25, 0.3) is 5.91 Å². The van der Waals surface area contributed by atoms with Gasteiger partial charge in [0.05, 0.1) is 12.0 Å². The normalized spacial score (nSPS) is 14.5. The molecule has 7 heteroatoms. The zero-order chi connectivity index (χ0) is 14.8. The van der Waals surface area contributed by atoms with Gasteiger partial charge in [-0.25, -0.2) is 4.98 Å². The molecule has 0 spiro atoms. The van der Waals surface area contributed by atoms with Crippen LogP contribution < -0.4 is 10.6 Å². The SMILES string of the molecule is CC(NC(=O)c1ccco1)C(=O)Nc1nc2c(s1)CCC2. The Morgan fingerprint density at radius 1 is 1.43 bits per heavy atom. The molecule has 2 aromatic rings. The summed E-state index contributed by atoms with van der Waals surface area (Å²) in [5, 5.41) is 5.93. The van der Waals surface area contributed by atoms with E-state index in [2.05, 4.69) is 15.6 Å². The van der Waals surface area contributed by atoms with Crippen molar-refractivity contribution in [2.45, 2.75) is 32.2 Å². The standard InChI is InChI=1S/C14H15N3O3S/c1-8(15-13(19)10-5-3-7-20-10)12(18)17-14-16-9-4-2-6-11(9)21-14/h3,5,7-8H,2,4,6H2,1H3,(H,15,19)(H,16,17,18). The molecule has 110 valence electrons. The molecule has 2 heterocycles. The van der Waals surface area contributed by atoms with Crippen LogP contribution in [0.4, 0.5) is 5.13 Å². The fourth-order valence-corrected chi connectivity index (χ4v) is 3.25. The fraction of sp³-hybridized carbons (Fsp3) is 0.357. The second kappa shape index (κ2) is 5.69. The minimum absolute atomic E-state index is 0.183. The van der Waals surface area contributed by atoms with Gasteiger partial charge in [0.1, 0.15) is 6.04 Å². The van der Waals surface area contributed by atoms with Gasteiger partial charge in [-0.05, 0) is 38.3 Å². The van der Waals surface area contributed by atoms with Crippen molar-refractivity contribution in [3.8, 4) is 0 Å². The maximum Gasteiger partial charge on any atom is 0.287 e. The van der Waals surface area contributed by atoms with Gasteiger partial charge in [0.15, 0.2) is 10.9 Å². The zero-order valence-corrected chi connectivity index (χ0v) is 12.3. The Kier molecular flexibility index (Phi) is 3.74. The predicted octanol–water partition coefficient (Wildman–Crippen LogP) is 1.98. The van der Waals surface area contributed by atoms with Crippen LogP contribution in [0, 0.1) is 0 Å². The Morgan fingerprint density at radius 2 is 2.29 bits per heavy atom. The summed E-state index contributed by atoms with van der Waals surface area (Å²) in [5.74, 6) is -0.519. The molecule has 21 heavy (non-hydrogen) atoms. The van der Waals surface area contributed by atoms with Crippen LogP contribution in [-0.4, -0.2) is 22.8 Å². The first kappa shape index (κ1) is 13.8. The monoisotopic (exact) mass is 305 g/mol. The minimum Gasteiger partial charge on any atom is -0.459 e. The number of fused-ring (bicyclic) bond motifs is 1. The van der Waals surface area contributed by atoms with Gasteiger partial charge >= 0.3 is 0 Å². The summed E-state index contributed by atoms with van der Waals surface area (Å²) in [7, 11) is 0. The summed E-state index contributed by atoms with van der Waals surface area (Å²) in [6.45, 7) is 1.62. The van der Waals surface area contributed by atoms with Gasteiger partial charge in [-0.3, -0.25) is 9.59 Å². The lowest BCUT2D eigenvalue weighted by Gasteiger charge is -2.11. The number of aromatic nitrogens is 1. The van der Waals surface area contributed by atoms with Crippen LogP contribution in [0.1, 0.15) is 34.5 Å². The number of rotatable bonds is 4. The predicted molar refractivity (Wildman–Crippen MR) is 78.4 cm³/mol. The van der Waals surface area contributed by atoms with Crippen molar-refractivity contribution in [2.24, 2.45) is 0 Å². The third-order valence-corrected chi connectivity index (χ3v) is 4.38. The van der Waals surface area contributed by atoms with Crippen molar-refractivity contribution < 1.29 is 14.0 Å². The molecule has 0 aromatic carbocycles. The first-order valence-corrected chi connectivity index (χ1v) is 7.59. The molecular weight excluding hydrogens is 290 g/mol. The summed E-state index contributed by atoms with van der Waals surface area (Å²) in [6.07, 6.45) is 4.56. The fourth-order valence-electron chi connectivity index (χ4n) is 2.20. The van der Waals surface area contributed by atoms with E-state index < -0.39 is 11.9 Å². The summed E-state index contributed by atoms with van der Waals surface area (Å²) >= 11 is 1.51. The van der Waals surface area contributed by atoms with E-state index in [-0.39, 0.29) is 11.7 Å². The van der Waals surface area contributed by atoms with Crippen LogP contribution in [-0.2, 0) is 17.6 Å². The Bertz CT molecular complexity index is 642. The maximum atomic E-state index is 12.1. The lowest BCUT2D eigenvalue weighted by Crippen LogP contribution is -2.41. The molecule has 0 radical (unpaired) electrons. The number of nitrogens with one attached hydrogen (secondary N) is 2. The van der Waals surface area contributed by atoms with E-state index in [1.54, 1.807) is 19.1 Å². The lowest BCUT2D eigenvalue weighted by atomic mass is 10.3. The van der Waals surface area contributed by atoms with Gasteiger partial charge in [-0.15, -0.1) is 11.3 Å². The van der Waals surface area contributed by atoms with Crippen LogP contribution in [0.2, 0.25) is 0 Å². The van der Waals surface area contributed by atoms with E-state index in [1.165, 1.54) is 22.5 Å². The largest absolute Gasteiger partial charge is 0.459 e. The second-order valence-electron chi connectivity index (χ2n) is 4.90. The Labute approximate surface area is 125 Å². The van der Waals surface area contributed by atoms with E-state index in [4.69, 9.17) is 4.42 Å². The van der Waals surface area contributed by atoms with Gasteiger partial charge in [-0.2, -0.15) is 0 Å². The quantitative estimate of drug-likeness (QED) is 0.904. The van der Waals surface area contributed by atoms with Crippen LogP contribution in [0.5, 0.6) is 0 Å².